The molecule has 0 radical (unpaired) electrons. The third-order valence-corrected chi connectivity index (χ3v) is 3.38. The fraction of sp³-hybridized carbons (Fsp3) is 0.133. The molecule has 0 saturated carbocycles. The van der Waals surface area contributed by atoms with E-state index >= 15 is 0 Å². The summed E-state index contributed by atoms with van der Waals surface area (Å²) in [4.78, 5) is 23.3. The molecular weight excluding hydrogens is 258 g/mol. The molecule has 1 unspecified atom stereocenters. The van der Waals surface area contributed by atoms with E-state index in [2.05, 4.69) is 0 Å². The Bertz CT molecular complexity index is 683. The first kappa shape index (κ1) is 12.3. The van der Waals surface area contributed by atoms with E-state index < -0.39 is 16.4 Å². The summed E-state index contributed by atoms with van der Waals surface area (Å²) in [5, 5.41) is 11.6. The van der Waals surface area contributed by atoms with Crippen molar-refractivity contribution >= 4 is 5.78 Å². The van der Waals surface area contributed by atoms with Crippen LogP contribution in [0.25, 0.3) is 0 Å². The molecule has 0 N–H and O–H groups in total. The van der Waals surface area contributed by atoms with Crippen LogP contribution in [0.2, 0.25) is 0 Å². The molecule has 20 heavy (non-hydrogen) atoms. The SMILES string of the molecule is O=C1Cc2ccccc2OC1(c1ccccc1)[N+](=O)[O-]. The van der Waals surface area contributed by atoms with Gasteiger partial charge in [-0.1, -0.05) is 36.4 Å². The first-order chi connectivity index (χ1) is 9.64. The molecule has 0 saturated heterocycles. The highest BCUT2D eigenvalue weighted by Gasteiger charge is 2.57. The molecule has 2 aromatic carbocycles. The topological polar surface area (TPSA) is 69.4 Å². The van der Waals surface area contributed by atoms with Crippen molar-refractivity contribution in [3.8, 4) is 5.75 Å². The van der Waals surface area contributed by atoms with Crippen molar-refractivity contribution in [2.75, 3.05) is 0 Å². The lowest BCUT2D eigenvalue weighted by Crippen LogP contribution is -2.51. The Kier molecular flexibility index (Phi) is 2.75. The summed E-state index contributed by atoms with van der Waals surface area (Å²) in [6.07, 6.45) is -0.00789. The molecule has 0 bridgehead atoms. The average molecular weight is 269 g/mol. The molecule has 0 spiro atoms. The first-order valence-corrected chi connectivity index (χ1v) is 6.15. The molecule has 3 rings (SSSR count). The lowest BCUT2D eigenvalue weighted by atomic mass is 9.91. The maximum Gasteiger partial charge on any atom is 0.450 e. The van der Waals surface area contributed by atoms with Crippen molar-refractivity contribution in [3.63, 3.8) is 0 Å². The molecule has 0 aliphatic carbocycles. The van der Waals surface area contributed by atoms with Gasteiger partial charge >= 0.3 is 5.72 Å². The third-order valence-electron chi connectivity index (χ3n) is 3.38. The van der Waals surface area contributed by atoms with Gasteiger partial charge in [-0.05, 0) is 18.2 Å². The molecule has 1 atom stereocenters. The molecule has 0 aromatic heterocycles. The summed E-state index contributed by atoms with van der Waals surface area (Å²) in [5.41, 5.74) is -1.23. The number of carbonyl (C=O) groups excluding carboxylic acids is 1. The van der Waals surface area contributed by atoms with Crippen LogP contribution in [0.3, 0.4) is 0 Å². The van der Waals surface area contributed by atoms with E-state index in [4.69, 9.17) is 4.74 Å². The van der Waals surface area contributed by atoms with Gasteiger partial charge in [0.25, 0.3) is 5.78 Å². The highest BCUT2D eigenvalue weighted by atomic mass is 16.7. The second kappa shape index (κ2) is 4.45. The normalized spacial score (nSPS) is 20.9. The van der Waals surface area contributed by atoms with Crippen molar-refractivity contribution in [3.05, 3.63) is 75.8 Å². The molecule has 1 aliphatic rings. The molecule has 1 aliphatic heterocycles. The summed E-state index contributed by atoms with van der Waals surface area (Å²) >= 11 is 0. The predicted molar refractivity (Wildman–Crippen MR) is 70.9 cm³/mol. The van der Waals surface area contributed by atoms with Crippen LogP contribution in [0.5, 0.6) is 5.75 Å². The first-order valence-electron chi connectivity index (χ1n) is 6.15. The summed E-state index contributed by atoms with van der Waals surface area (Å²) in [7, 11) is 0. The molecule has 100 valence electrons. The van der Waals surface area contributed by atoms with E-state index in [1.54, 1.807) is 42.5 Å². The number of nitro groups is 1. The predicted octanol–water partition coefficient (Wildman–Crippen LogP) is 2.32. The zero-order valence-corrected chi connectivity index (χ0v) is 10.5. The van der Waals surface area contributed by atoms with Crippen molar-refractivity contribution in [1.82, 2.24) is 0 Å². The van der Waals surface area contributed by atoms with Crippen LogP contribution in [0, 0.1) is 10.1 Å². The van der Waals surface area contributed by atoms with E-state index in [9.17, 15) is 14.9 Å². The summed E-state index contributed by atoms with van der Waals surface area (Å²) in [6, 6.07) is 15.0. The van der Waals surface area contributed by atoms with Gasteiger partial charge < -0.3 is 4.74 Å². The maximum atomic E-state index is 12.4. The molecule has 5 heteroatoms. The largest absolute Gasteiger partial charge is 0.450 e. The average Bonchev–Trinajstić information content (AvgIpc) is 2.47. The number of rotatable bonds is 2. The van der Waals surface area contributed by atoms with Crippen molar-refractivity contribution < 1.29 is 14.5 Å². The number of ketones is 1. The lowest BCUT2D eigenvalue weighted by Gasteiger charge is -2.29. The van der Waals surface area contributed by atoms with Gasteiger partial charge in [0.15, 0.2) is 0 Å². The zero-order chi connectivity index (χ0) is 14.2. The summed E-state index contributed by atoms with van der Waals surface area (Å²) in [5.74, 6) is -0.181. The molecule has 0 fully saturated rings. The number of hydrogen-bond acceptors (Lipinski definition) is 4. The number of Topliss-reactive ketones (excluding diaryl/α,β-unsaturated/α-hetero) is 1. The standard InChI is InChI=1S/C15H11NO4/c17-14-10-11-6-4-5-9-13(11)20-15(14,16(18)19)12-7-2-1-3-8-12/h1-9H,10H2. The molecule has 0 amide bonds. The van der Waals surface area contributed by atoms with Crippen LogP contribution < -0.4 is 4.74 Å². The van der Waals surface area contributed by atoms with Gasteiger partial charge in [-0.3, -0.25) is 14.9 Å². The number of benzene rings is 2. The van der Waals surface area contributed by atoms with Crippen LogP contribution in [-0.4, -0.2) is 10.7 Å². The van der Waals surface area contributed by atoms with E-state index in [0.29, 0.717) is 11.3 Å². The van der Waals surface area contributed by atoms with Crippen molar-refractivity contribution in [2.24, 2.45) is 0 Å². The minimum Gasteiger partial charge on any atom is -0.418 e. The van der Waals surface area contributed by atoms with Crippen LogP contribution in [0.15, 0.2) is 54.6 Å². The molecule has 1 heterocycles. The van der Waals surface area contributed by atoms with Gasteiger partial charge in [0.2, 0.25) is 0 Å². The Morgan fingerprint density at radius 3 is 2.40 bits per heavy atom. The minimum atomic E-state index is -2.14. The van der Waals surface area contributed by atoms with E-state index in [1.807, 2.05) is 0 Å². The Morgan fingerprint density at radius 1 is 1.05 bits per heavy atom. The fourth-order valence-electron chi connectivity index (χ4n) is 2.39. The van der Waals surface area contributed by atoms with Crippen molar-refractivity contribution in [2.45, 2.75) is 12.1 Å². The number of hydrogen-bond donors (Lipinski definition) is 0. The zero-order valence-electron chi connectivity index (χ0n) is 10.5. The smallest absolute Gasteiger partial charge is 0.418 e. The van der Waals surface area contributed by atoms with Gasteiger partial charge in [0.1, 0.15) is 5.75 Å². The lowest BCUT2D eigenvalue weighted by molar-refractivity contribution is -0.606. The second-order valence-corrected chi connectivity index (χ2v) is 4.58. The van der Waals surface area contributed by atoms with E-state index in [0.717, 1.165) is 0 Å². The highest BCUT2D eigenvalue weighted by molar-refractivity contribution is 5.91. The Hall–Kier alpha value is -2.69. The molecule has 5 nitrogen and oxygen atoms in total. The van der Waals surface area contributed by atoms with Crippen LogP contribution in [0.4, 0.5) is 0 Å². The number of para-hydroxylation sites is 1. The van der Waals surface area contributed by atoms with Crippen LogP contribution >= 0.6 is 0 Å². The van der Waals surface area contributed by atoms with Gasteiger partial charge in [-0.15, -0.1) is 0 Å². The number of ether oxygens (including phenoxy) is 1. The van der Waals surface area contributed by atoms with Gasteiger partial charge in [0.05, 0.1) is 10.5 Å². The van der Waals surface area contributed by atoms with Crippen LogP contribution in [-0.2, 0) is 16.9 Å². The Labute approximate surface area is 115 Å². The number of fused-ring (bicyclic) bond motifs is 1. The maximum absolute atomic E-state index is 12.4. The quantitative estimate of drug-likeness (QED) is 0.619. The second-order valence-electron chi connectivity index (χ2n) is 4.58. The Morgan fingerprint density at radius 2 is 1.70 bits per heavy atom. The van der Waals surface area contributed by atoms with Crippen LogP contribution in [0.1, 0.15) is 11.1 Å². The Balaban J connectivity index is 2.18. The minimum absolute atomic E-state index is 0.00789. The van der Waals surface area contributed by atoms with Gasteiger partial charge in [-0.2, -0.15) is 0 Å². The number of nitrogens with zero attached hydrogens (tertiary/aromatic N) is 1. The third kappa shape index (κ3) is 1.67. The summed E-state index contributed by atoms with van der Waals surface area (Å²) < 4.78 is 5.53. The number of carbonyl (C=O) groups is 1. The fourth-order valence-corrected chi connectivity index (χ4v) is 2.39. The van der Waals surface area contributed by atoms with Gasteiger partial charge in [0, 0.05) is 12.0 Å². The van der Waals surface area contributed by atoms with Gasteiger partial charge in [-0.25, -0.2) is 0 Å². The molecule has 2 aromatic rings. The van der Waals surface area contributed by atoms with E-state index in [-0.39, 0.29) is 12.0 Å². The van der Waals surface area contributed by atoms with E-state index in [1.165, 1.54) is 12.1 Å². The monoisotopic (exact) mass is 269 g/mol. The molecular formula is C15H11NO4. The highest BCUT2D eigenvalue weighted by Crippen LogP contribution is 2.37. The van der Waals surface area contributed by atoms with Crippen molar-refractivity contribution in [1.29, 1.82) is 0 Å². The summed E-state index contributed by atoms with van der Waals surface area (Å²) in [6.45, 7) is 0.